The highest BCUT2D eigenvalue weighted by Crippen LogP contribution is 2.23. The summed E-state index contributed by atoms with van der Waals surface area (Å²) in [5.74, 6) is -0.925. The van der Waals surface area contributed by atoms with Crippen molar-refractivity contribution in [2.24, 2.45) is 0 Å². The van der Waals surface area contributed by atoms with Crippen LogP contribution in [-0.4, -0.2) is 11.1 Å². The maximum absolute atomic E-state index is 11.4. The van der Waals surface area contributed by atoms with Gasteiger partial charge >= 0.3 is 5.97 Å². The molecule has 0 aliphatic carbocycles. The monoisotopic (exact) mass is 275 g/mol. The number of rotatable bonds is 4. The van der Waals surface area contributed by atoms with E-state index in [2.05, 4.69) is 5.32 Å². The van der Waals surface area contributed by atoms with Crippen LogP contribution in [0.3, 0.4) is 0 Å². The molecule has 3 nitrogen and oxygen atoms in total. The molecule has 0 radical (unpaired) electrons. The van der Waals surface area contributed by atoms with Crippen LogP contribution in [0.25, 0.3) is 0 Å². The maximum Gasteiger partial charge on any atom is 0.330 e. The van der Waals surface area contributed by atoms with Gasteiger partial charge < -0.3 is 10.4 Å². The lowest BCUT2D eigenvalue weighted by atomic mass is 10.0. The van der Waals surface area contributed by atoms with Crippen molar-refractivity contribution in [3.05, 3.63) is 64.7 Å². The first kappa shape index (κ1) is 13.4. The van der Waals surface area contributed by atoms with Crippen LogP contribution in [0.5, 0.6) is 0 Å². The van der Waals surface area contributed by atoms with Crippen LogP contribution in [0, 0.1) is 6.92 Å². The molecule has 0 aliphatic rings. The molecular formula is C15H14ClNO2. The predicted octanol–water partition coefficient (Wildman–Crippen LogP) is 3.89. The fraction of sp³-hybridized carbons (Fsp3) is 0.133. The number of nitrogens with one attached hydrogen (secondary N) is 1. The molecule has 19 heavy (non-hydrogen) atoms. The third kappa shape index (κ3) is 3.48. The van der Waals surface area contributed by atoms with E-state index < -0.39 is 12.0 Å². The van der Waals surface area contributed by atoms with Gasteiger partial charge in [-0.25, -0.2) is 4.79 Å². The molecule has 0 saturated carbocycles. The molecule has 0 saturated heterocycles. The van der Waals surface area contributed by atoms with Crippen LogP contribution >= 0.6 is 11.6 Å². The van der Waals surface area contributed by atoms with Crippen molar-refractivity contribution >= 4 is 23.3 Å². The normalized spacial score (nSPS) is 11.9. The number of carbonyl (C=O) groups is 1. The lowest BCUT2D eigenvalue weighted by molar-refractivity contribution is -0.138. The summed E-state index contributed by atoms with van der Waals surface area (Å²) in [6.07, 6.45) is 0. The van der Waals surface area contributed by atoms with E-state index in [1.165, 1.54) is 0 Å². The molecule has 0 aliphatic heterocycles. The third-order valence-corrected chi connectivity index (χ3v) is 2.99. The van der Waals surface area contributed by atoms with Crippen molar-refractivity contribution in [2.75, 3.05) is 5.32 Å². The summed E-state index contributed by atoms with van der Waals surface area (Å²) in [5, 5.41) is 12.9. The van der Waals surface area contributed by atoms with Crippen LogP contribution in [0.1, 0.15) is 17.2 Å². The first-order valence-corrected chi connectivity index (χ1v) is 6.25. The van der Waals surface area contributed by atoms with Gasteiger partial charge in [0.25, 0.3) is 0 Å². The zero-order valence-corrected chi connectivity index (χ0v) is 11.2. The highest BCUT2D eigenvalue weighted by atomic mass is 35.5. The fourth-order valence-corrected chi connectivity index (χ4v) is 2.07. The quantitative estimate of drug-likeness (QED) is 0.890. The van der Waals surface area contributed by atoms with Crippen molar-refractivity contribution in [2.45, 2.75) is 13.0 Å². The molecule has 98 valence electrons. The Morgan fingerprint density at radius 3 is 2.58 bits per heavy atom. The Hall–Kier alpha value is -2.00. The summed E-state index contributed by atoms with van der Waals surface area (Å²) in [6.45, 7) is 1.93. The van der Waals surface area contributed by atoms with E-state index in [-0.39, 0.29) is 0 Å². The summed E-state index contributed by atoms with van der Waals surface area (Å²) < 4.78 is 0. The second-order valence-electron chi connectivity index (χ2n) is 4.34. The minimum atomic E-state index is -0.925. The second-order valence-corrected chi connectivity index (χ2v) is 4.78. The van der Waals surface area contributed by atoms with Gasteiger partial charge in [0, 0.05) is 10.7 Å². The molecule has 1 unspecified atom stereocenters. The van der Waals surface area contributed by atoms with Crippen molar-refractivity contribution in [1.29, 1.82) is 0 Å². The number of aliphatic carboxylic acids is 1. The molecule has 0 spiro atoms. The molecule has 2 N–H and O–H groups in total. The van der Waals surface area contributed by atoms with E-state index in [1.54, 1.807) is 30.3 Å². The molecule has 4 heteroatoms. The molecule has 0 bridgehead atoms. The Bertz CT molecular complexity index is 598. The molecule has 0 aromatic heterocycles. The standard InChI is InChI=1S/C15H14ClNO2/c1-10-4-2-5-11(8-10)14(15(18)19)17-13-7-3-6-12(16)9-13/h2-9,14,17H,1H3,(H,18,19). The van der Waals surface area contributed by atoms with Crippen LogP contribution in [0.2, 0.25) is 5.02 Å². The Kier molecular flexibility index (Phi) is 4.07. The number of hydrogen-bond donors (Lipinski definition) is 2. The van der Waals surface area contributed by atoms with Crippen molar-refractivity contribution in [3.63, 3.8) is 0 Å². The number of hydrogen-bond acceptors (Lipinski definition) is 2. The number of aryl methyl sites for hydroxylation is 1. The molecular weight excluding hydrogens is 262 g/mol. The van der Waals surface area contributed by atoms with Crippen LogP contribution in [-0.2, 0) is 4.79 Å². The molecule has 2 rings (SSSR count). The Morgan fingerprint density at radius 2 is 1.95 bits per heavy atom. The van der Waals surface area contributed by atoms with E-state index in [9.17, 15) is 9.90 Å². The first-order chi connectivity index (χ1) is 9.06. The van der Waals surface area contributed by atoms with Gasteiger partial charge in [0.2, 0.25) is 0 Å². The Balaban J connectivity index is 2.29. The van der Waals surface area contributed by atoms with Gasteiger partial charge in [-0.15, -0.1) is 0 Å². The minimum absolute atomic E-state index is 0.568. The summed E-state index contributed by atoms with van der Waals surface area (Å²) in [7, 11) is 0. The summed E-state index contributed by atoms with van der Waals surface area (Å²) >= 11 is 5.89. The third-order valence-electron chi connectivity index (χ3n) is 2.76. The Labute approximate surface area is 116 Å². The SMILES string of the molecule is Cc1cccc(C(Nc2cccc(Cl)c2)C(=O)O)c1. The highest BCUT2D eigenvalue weighted by Gasteiger charge is 2.19. The van der Waals surface area contributed by atoms with E-state index in [1.807, 2.05) is 25.1 Å². The van der Waals surface area contributed by atoms with Crippen LogP contribution in [0.4, 0.5) is 5.69 Å². The molecule has 0 heterocycles. The average molecular weight is 276 g/mol. The molecule has 0 fully saturated rings. The number of halogens is 1. The van der Waals surface area contributed by atoms with E-state index in [4.69, 9.17) is 11.6 Å². The zero-order valence-electron chi connectivity index (χ0n) is 10.4. The summed E-state index contributed by atoms with van der Waals surface area (Å²) in [6, 6.07) is 13.7. The van der Waals surface area contributed by atoms with Gasteiger partial charge in [-0.2, -0.15) is 0 Å². The van der Waals surface area contributed by atoms with Gasteiger partial charge in [0.1, 0.15) is 0 Å². The molecule has 1 atom stereocenters. The summed E-state index contributed by atoms with van der Waals surface area (Å²) in [5.41, 5.74) is 2.42. The lowest BCUT2D eigenvalue weighted by Gasteiger charge is -2.16. The molecule has 0 amide bonds. The van der Waals surface area contributed by atoms with Crippen molar-refractivity contribution < 1.29 is 9.90 Å². The van der Waals surface area contributed by atoms with E-state index >= 15 is 0 Å². The van der Waals surface area contributed by atoms with Gasteiger partial charge in [-0.3, -0.25) is 0 Å². The van der Waals surface area contributed by atoms with Gasteiger partial charge in [-0.1, -0.05) is 47.5 Å². The zero-order chi connectivity index (χ0) is 13.8. The predicted molar refractivity (Wildman–Crippen MR) is 76.6 cm³/mol. The molecule has 2 aromatic rings. The van der Waals surface area contributed by atoms with E-state index in [0.717, 1.165) is 5.56 Å². The average Bonchev–Trinajstić information content (AvgIpc) is 2.35. The minimum Gasteiger partial charge on any atom is -0.479 e. The smallest absolute Gasteiger partial charge is 0.330 e. The van der Waals surface area contributed by atoms with Gasteiger partial charge in [-0.05, 0) is 30.7 Å². The Morgan fingerprint density at radius 1 is 1.21 bits per heavy atom. The number of benzene rings is 2. The van der Waals surface area contributed by atoms with E-state index in [0.29, 0.717) is 16.3 Å². The summed E-state index contributed by atoms with van der Waals surface area (Å²) in [4.78, 5) is 11.4. The molecule has 2 aromatic carbocycles. The topological polar surface area (TPSA) is 49.3 Å². The maximum atomic E-state index is 11.4. The largest absolute Gasteiger partial charge is 0.479 e. The number of anilines is 1. The van der Waals surface area contributed by atoms with Gasteiger partial charge in [0.15, 0.2) is 6.04 Å². The van der Waals surface area contributed by atoms with Crippen LogP contribution in [0.15, 0.2) is 48.5 Å². The second kappa shape index (κ2) is 5.76. The highest BCUT2D eigenvalue weighted by molar-refractivity contribution is 6.30. The number of carboxylic acid groups (broad SMARTS) is 1. The first-order valence-electron chi connectivity index (χ1n) is 5.88. The van der Waals surface area contributed by atoms with Crippen molar-refractivity contribution in [3.8, 4) is 0 Å². The number of carboxylic acids is 1. The fourth-order valence-electron chi connectivity index (χ4n) is 1.88. The van der Waals surface area contributed by atoms with Gasteiger partial charge in [0.05, 0.1) is 0 Å². The van der Waals surface area contributed by atoms with Crippen LogP contribution < -0.4 is 5.32 Å². The lowest BCUT2D eigenvalue weighted by Crippen LogP contribution is -2.20. The van der Waals surface area contributed by atoms with Crippen molar-refractivity contribution in [1.82, 2.24) is 0 Å².